The molecular weight excluding hydrogens is 464 g/mol. The number of piperidine rings is 1. The number of carbonyl (C=O) groups is 1. The van der Waals surface area contributed by atoms with Crippen LogP contribution < -0.4 is 5.32 Å². The summed E-state index contributed by atoms with van der Waals surface area (Å²) in [5.41, 5.74) is 1.58. The van der Waals surface area contributed by atoms with Crippen molar-refractivity contribution in [1.29, 1.82) is 0 Å². The molecule has 1 saturated heterocycles. The van der Waals surface area contributed by atoms with Gasteiger partial charge in [0, 0.05) is 41.2 Å². The number of non-ortho nitro benzene ring substituents is 1. The molecule has 172 valence electrons. The molecule has 0 aliphatic carbocycles. The number of nitro groups is 1. The minimum atomic E-state index is -3.60. The Morgan fingerprint density at radius 2 is 1.85 bits per heavy atom. The Morgan fingerprint density at radius 1 is 1.15 bits per heavy atom. The molecule has 2 heterocycles. The number of carbonyl (C=O) groups excluding carboxylic acids is 1. The Bertz CT molecular complexity index is 1270. The van der Waals surface area contributed by atoms with Gasteiger partial charge in [0.25, 0.3) is 11.6 Å². The van der Waals surface area contributed by atoms with E-state index in [1.165, 1.54) is 52.0 Å². The summed E-state index contributed by atoms with van der Waals surface area (Å²) in [5, 5.41) is 15.6. The maximum Gasteiger partial charge on any atom is 0.269 e. The monoisotopic (exact) mass is 486 g/mol. The van der Waals surface area contributed by atoms with Crippen LogP contribution in [-0.4, -0.2) is 41.1 Å². The molecule has 0 spiro atoms. The first kappa shape index (κ1) is 23.0. The van der Waals surface area contributed by atoms with E-state index < -0.39 is 20.9 Å². The van der Waals surface area contributed by atoms with Gasteiger partial charge in [-0.25, -0.2) is 13.4 Å². The summed E-state index contributed by atoms with van der Waals surface area (Å²) in [6.07, 6.45) is 2.71. The summed E-state index contributed by atoms with van der Waals surface area (Å²) in [7, 11) is -3.60. The largest absolute Gasteiger partial charge is 0.298 e. The molecule has 1 N–H and O–H groups in total. The fourth-order valence-corrected chi connectivity index (χ4v) is 6.14. The van der Waals surface area contributed by atoms with Crippen LogP contribution in [0, 0.1) is 10.1 Å². The van der Waals surface area contributed by atoms with Gasteiger partial charge in [-0.3, -0.25) is 20.2 Å². The molecule has 11 heteroatoms. The first-order valence-electron chi connectivity index (χ1n) is 10.4. The van der Waals surface area contributed by atoms with Crippen LogP contribution in [0.1, 0.15) is 36.5 Å². The Kier molecular flexibility index (Phi) is 6.54. The van der Waals surface area contributed by atoms with Crippen LogP contribution in [0.5, 0.6) is 0 Å². The van der Waals surface area contributed by atoms with Crippen LogP contribution in [0.3, 0.4) is 0 Å². The van der Waals surface area contributed by atoms with Crippen molar-refractivity contribution in [2.24, 2.45) is 0 Å². The number of anilines is 1. The third kappa shape index (κ3) is 4.95. The minimum absolute atomic E-state index is 0.0114. The normalized spacial score (nSPS) is 16.9. The maximum absolute atomic E-state index is 12.9. The van der Waals surface area contributed by atoms with E-state index >= 15 is 0 Å². The number of hydrogen-bond acceptors (Lipinski definition) is 7. The average molecular weight is 487 g/mol. The second-order valence-electron chi connectivity index (χ2n) is 7.78. The SMILES string of the molecule is CC1CCCCN1S(=O)(=O)c1ccc(C(=O)Nc2nc(-c3ccc([N+](=O)[O-])cc3)cs2)cc1. The first-order valence-corrected chi connectivity index (χ1v) is 12.7. The number of rotatable bonds is 6. The Morgan fingerprint density at radius 3 is 2.48 bits per heavy atom. The van der Waals surface area contributed by atoms with Crippen molar-refractivity contribution in [2.75, 3.05) is 11.9 Å². The smallest absolute Gasteiger partial charge is 0.269 e. The van der Waals surface area contributed by atoms with Gasteiger partial charge in [-0.2, -0.15) is 4.31 Å². The third-order valence-electron chi connectivity index (χ3n) is 5.56. The number of hydrogen-bond donors (Lipinski definition) is 1. The Labute approximate surface area is 195 Å². The number of thiazole rings is 1. The van der Waals surface area contributed by atoms with Gasteiger partial charge in [0.15, 0.2) is 5.13 Å². The summed E-state index contributed by atoms with van der Waals surface area (Å²) < 4.78 is 27.4. The predicted molar refractivity (Wildman–Crippen MR) is 126 cm³/mol. The highest BCUT2D eigenvalue weighted by Gasteiger charge is 2.30. The highest BCUT2D eigenvalue weighted by Crippen LogP contribution is 2.28. The van der Waals surface area contributed by atoms with Gasteiger partial charge in [0.1, 0.15) is 0 Å². The molecule has 33 heavy (non-hydrogen) atoms. The number of benzene rings is 2. The molecule has 1 aromatic heterocycles. The minimum Gasteiger partial charge on any atom is -0.298 e. The zero-order chi connectivity index (χ0) is 23.6. The molecule has 1 fully saturated rings. The molecule has 0 radical (unpaired) electrons. The molecule has 2 aromatic carbocycles. The zero-order valence-corrected chi connectivity index (χ0v) is 19.4. The fourth-order valence-electron chi connectivity index (χ4n) is 3.73. The van der Waals surface area contributed by atoms with Gasteiger partial charge in [-0.15, -0.1) is 11.3 Å². The lowest BCUT2D eigenvalue weighted by Crippen LogP contribution is -2.41. The fraction of sp³-hybridized carbons (Fsp3) is 0.273. The van der Waals surface area contributed by atoms with Gasteiger partial charge in [-0.1, -0.05) is 6.42 Å². The Hall–Kier alpha value is -3.15. The molecule has 1 unspecified atom stereocenters. The van der Waals surface area contributed by atoms with Crippen molar-refractivity contribution in [3.63, 3.8) is 0 Å². The van der Waals surface area contributed by atoms with Crippen molar-refractivity contribution in [3.8, 4) is 11.3 Å². The van der Waals surface area contributed by atoms with Crippen LogP contribution >= 0.6 is 11.3 Å². The van der Waals surface area contributed by atoms with Crippen molar-refractivity contribution >= 4 is 38.1 Å². The maximum atomic E-state index is 12.9. The number of sulfonamides is 1. The molecule has 1 aliphatic heterocycles. The molecule has 1 aliphatic rings. The molecule has 0 bridgehead atoms. The van der Waals surface area contributed by atoms with Crippen molar-refractivity contribution < 1.29 is 18.1 Å². The standard InChI is InChI=1S/C22H22N4O5S2/c1-15-4-2-3-13-25(15)33(30,31)19-11-7-17(8-12-19)21(27)24-22-23-20(14-32-22)16-5-9-18(10-6-16)26(28)29/h5-12,14-15H,2-4,13H2,1H3,(H,23,24,27). The van der Waals surface area contributed by atoms with E-state index in [0.717, 1.165) is 19.3 Å². The van der Waals surface area contributed by atoms with E-state index in [1.807, 2.05) is 6.92 Å². The number of nitrogens with zero attached hydrogens (tertiary/aromatic N) is 3. The van der Waals surface area contributed by atoms with Crippen molar-refractivity contribution in [3.05, 3.63) is 69.6 Å². The first-order chi connectivity index (χ1) is 15.8. The molecular formula is C22H22N4O5S2. The lowest BCUT2D eigenvalue weighted by Gasteiger charge is -2.32. The van der Waals surface area contributed by atoms with Crippen LogP contribution in [-0.2, 0) is 10.0 Å². The summed E-state index contributed by atoms with van der Waals surface area (Å²) in [6, 6.07) is 11.8. The second kappa shape index (κ2) is 9.38. The highest BCUT2D eigenvalue weighted by molar-refractivity contribution is 7.89. The van der Waals surface area contributed by atoms with Gasteiger partial charge < -0.3 is 0 Å². The van der Waals surface area contributed by atoms with Gasteiger partial charge in [0.2, 0.25) is 10.0 Å². The van der Waals surface area contributed by atoms with Crippen LogP contribution in [0.2, 0.25) is 0 Å². The van der Waals surface area contributed by atoms with Gasteiger partial charge >= 0.3 is 0 Å². The number of nitro benzene ring substituents is 1. The van der Waals surface area contributed by atoms with Crippen LogP contribution in [0.25, 0.3) is 11.3 Å². The average Bonchev–Trinajstić information content (AvgIpc) is 3.28. The Balaban J connectivity index is 1.44. The molecule has 9 nitrogen and oxygen atoms in total. The van der Waals surface area contributed by atoms with E-state index in [0.29, 0.717) is 28.5 Å². The van der Waals surface area contributed by atoms with Crippen LogP contribution in [0.4, 0.5) is 10.8 Å². The van der Waals surface area contributed by atoms with E-state index in [9.17, 15) is 23.3 Å². The van der Waals surface area contributed by atoms with E-state index in [4.69, 9.17) is 0 Å². The molecule has 0 saturated carbocycles. The van der Waals surface area contributed by atoms with Gasteiger partial charge in [0.05, 0.1) is 15.5 Å². The topological polar surface area (TPSA) is 123 Å². The van der Waals surface area contributed by atoms with Crippen LogP contribution in [0.15, 0.2) is 58.8 Å². The lowest BCUT2D eigenvalue weighted by atomic mass is 10.1. The third-order valence-corrected chi connectivity index (χ3v) is 8.35. The summed E-state index contributed by atoms with van der Waals surface area (Å²) in [6.45, 7) is 2.42. The molecule has 1 amide bonds. The lowest BCUT2D eigenvalue weighted by molar-refractivity contribution is -0.384. The quantitative estimate of drug-likeness (QED) is 0.403. The molecule has 3 aromatic rings. The molecule has 4 rings (SSSR count). The number of nitrogens with one attached hydrogen (secondary N) is 1. The van der Waals surface area contributed by atoms with Crippen molar-refractivity contribution in [1.82, 2.24) is 9.29 Å². The summed E-state index contributed by atoms with van der Waals surface area (Å²) >= 11 is 1.22. The summed E-state index contributed by atoms with van der Waals surface area (Å²) in [4.78, 5) is 27.5. The summed E-state index contributed by atoms with van der Waals surface area (Å²) in [5.74, 6) is -0.408. The number of aromatic nitrogens is 1. The van der Waals surface area contributed by atoms with Gasteiger partial charge in [-0.05, 0) is 56.2 Å². The van der Waals surface area contributed by atoms with Crippen molar-refractivity contribution in [2.45, 2.75) is 37.1 Å². The predicted octanol–water partition coefficient (Wildman–Crippen LogP) is 4.53. The van der Waals surface area contributed by atoms with E-state index in [2.05, 4.69) is 10.3 Å². The number of amides is 1. The molecule has 1 atom stereocenters. The second-order valence-corrected chi connectivity index (χ2v) is 10.5. The highest BCUT2D eigenvalue weighted by atomic mass is 32.2. The van der Waals surface area contributed by atoms with E-state index in [1.54, 1.807) is 17.5 Å². The van der Waals surface area contributed by atoms with E-state index in [-0.39, 0.29) is 16.6 Å². The zero-order valence-electron chi connectivity index (χ0n) is 17.8.